The molecule has 0 aliphatic rings. The molecule has 1 atom stereocenters. The first kappa shape index (κ1) is 9.31. The molecule has 1 aromatic rings. The Kier molecular flexibility index (Phi) is 2.91. The van der Waals surface area contributed by atoms with Gasteiger partial charge in [0.15, 0.2) is 0 Å². The van der Waals surface area contributed by atoms with E-state index in [4.69, 9.17) is 12.2 Å². The van der Waals surface area contributed by atoms with Gasteiger partial charge in [0.2, 0.25) is 0 Å². The molecular weight excluding hydrogens is 214 g/mol. The van der Waals surface area contributed by atoms with Gasteiger partial charge in [-0.05, 0) is 24.1 Å². The van der Waals surface area contributed by atoms with Gasteiger partial charge in [-0.15, -0.1) is 6.42 Å². The van der Waals surface area contributed by atoms with Crippen LogP contribution < -0.4 is 5.73 Å². The summed E-state index contributed by atoms with van der Waals surface area (Å²) in [6, 6.07) is 5.63. The Labute approximate surface area is 81.1 Å². The van der Waals surface area contributed by atoms with Crippen LogP contribution in [0.5, 0.6) is 0 Å². The van der Waals surface area contributed by atoms with Crippen molar-refractivity contribution in [1.82, 2.24) is 0 Å². The molecule has 0 spiro atoms. The third-order valence-electron chi connectivity index (χ3n) is 1.67. The number of terminal acetylenes is 1. The van der Waals surface area contributed by atoms with Gasteiger partial charge in [0.05, 0.1) is 6.04 Å². The van der Waals surface area contributed by atoms with Gasteiger partial charge in [-0.3, -0.25) is 0 Å². The zero-order valence-corrected chi connectivity index (χ0v) is 8.43. The molecule has 1 aromatic carbocycles. The Hall–Kier alpha value is -0.780. The van der Waals surface area contributed by atoms with Crippen LogP contribution >= 0.6 is 15.9 Å². The molecule has 1 rings (SSSR count). The summed E-state index contributed by atoms with van der Waals surface area (Å²) in [5.74, 6) is 2.49. The van der Waals surface area contributed by atoms with Crippen LogP contribution in [-0.4, -0.2) is 0 Å². The molecule has 0 aliphatic carbocycles. The molecule has 0 heterocycles. The van der Waals surface area contributed by atoms with E-state index < -0.39 is 0 Å². The number of halogens is 1. The van der Waals surface area contributed by atoms with Crippen LogP contribution in [0.3, 0.4) is 0 Å². The van der Waals surface area contributed by atoms with Crippen LogP contribution in [-0.2, 0) is 0 Å². The smallest absolute Gasteiger partial charge is 0.0929 e. The molecule has 1 nitrogen and oxygen atoms in total. The average molecular weight is 224 g/mol. The summed E-state index contributed by atoms with van der Waals surface area (Å²) in [5.41, 5.74) is 7.83. The minimum absolute atomic E-state index is 0.319. The molecule has 2 N–H and O–H groups in total. The molecule has 1 unspecified atom stereocenters. The molecule has 0 aromatic heterocycles. The maximum Gasteiger partial charge on any atom is 0.0929 e. The predicted molar refractivity (Wildman–Crippen MR) is 54.6 cm³/mol. The molecule has 0 saturated heterocycles. The third-order valence-corrected chi connectivity index (χ3v) is 2.36. The van der Waals surface area contributed by atoms with E-state index in [-0.39, 0.29) is 6.04 Å². The van der Waals surface area contributed by atoms with Gasteiger partial charge in [0, 0.05) is 4.47 Å². The van der Waals surface area contributed by atoms with Gasteiger partial charge in [-0.2, -0.15) is 0 Å². The average Bonchev–Trinajstić information content (AvgIpc) is 2.03. The van der Waals surface area contributed by atoms with E-state index in [1.165, 1.54) is 5.56 Å². The van der Waals surface area contributed by atoms with Crippen LogP contribution in [0.1, 0.15) is 17.2 Å². The van der Waals surface area contributed by atoms with Crippen LogP contribution in [0.4, 0.5) is 0 Å². The van der Waals surface area contributed by atoms with Crippen molar-refractivity contribution < 1.29 is 0 Å². The topological polar surface area (TPSA) is 26.0 Å². The maximum atomic E-state index is 5.68. The quantitative estimate of drug-likeness (QED) is 0.728. The number of nitrogens with two attached hydrogens (primary N) is 1. The van der Waals surface area contributed by atoms with E-state index >= 15 is 0 Å². The van der Waals surface area contributed by atoms with Crippen LogP contribution in [0, 0.1) is 19.3 Å². The predicted octanol–water partition coefficient (Wildman–Crippen LogP) is 2.39. The summed E-state index contributed by atoms with van der Waals surface area (Å²) in [6.07, 6.45) is 5.22. The van der Waals surface area contributed by atoms with Crippen molar-refractivity contribution in [1.29, 1.82) is 0 Å². The Bertz CT molecular complexity index is 325. The minimum Gasteiger partial charge on any atom is -0.314 e. The van der Waals surface area contributed by atoms with Gasteiger partial charge in [-0.25, -0.2) is 0 Å². The number of rotatable bonds is 1. The van der Waals surface area contributed by atoms with Gasteiger partial charge in [-0.1, -0.05) is 34.0 Å². The zero-order valence-electron chi connectivity index (χ0n) is 6.84. The van der Waals surface area contributed by atoms with Crippen LogP contribution in [0.2, 0.25) is 0 Å². The molecule has 0 fully saturated rings. The first-order valence-corrected chi connectivity index (χ1v) is 4.42. The van der Waals surface area contributed by atoms with Crippen LogP contribution in [0.25, 0.3) is 0 Å². The molecule has 2 heteroatoms. The lowest BCUT2D eigenvalue weighted by molar-refractivity contribution is 0.938. The highest BCUT2D eigenvalue weighted by Crippen LogP contribution is 2.22. The molecular formula is C10H10BrN. The number of hydrogen-bond acceptors (Lipinski definition) is 1. The number of hydrogen-bond donors (Lipinski definition) is 1. The molecule has 0 bridgehead atoms. The highest BCUT2D eigenvalue weighted by atomic mass is 79.9. The maximum absolute atomic E-state index is 5.68. The second kappa shape index (κ2) is 3.75. The second-order valence-corrected chi connectivity index (χ2v) is 3.52. The van der Waals surface area contributed by atoms with E-state index in [9.17, 15) is 0 Å². The third kappa shape index (κ3) is 1.88. The molecule has 0 radical (unpaired) electrons. The van der Waals surface area contributed by atoms with E-state index in [1.807, 2.05) is 25.1 Å². The fourth-order valence-electron chi connectivity index (χ4n) is 0.974. The number of benzene rings is 1. The molecule has 62 valence electrons. The van der Waals surface area contributed by atoms with Crippen molar-refractivity contribution in [2.24, 2.45) is 5.73 Å². The lowest BCUT2D eigenvalue weighted by atomic mass is 10.1. The van der Waals surface area contributed by atoms with Crippen molar-refractivity contribution in [3.05, 3.63) is 33.8 Å². The normalized spacial score (nSPS) is 12.2. The van der Waals surface area contributed by atoms with Gasteiger partial charge in [0.25, 0.3) is 0 Å². The Morgan fingerprint density at radius 1 is 1.58 bits per heavy atom. The molecule has 0 amide bonds. The van der Waals surface area contributed by atoms with Gasteiger partial charge >= 0.3 is 0 Å². The summed E-state index contributed by atoms with van der Waals surface area (Å²) in [6.45, 7) is 2.02. The van der Waals surface area contributed by atoms with Crippen molar-refractivity contribution in [3.8, 4) is 12.3 Å². The lowest BCUT2D eigenvalue weighted by Crippen LogP contribution is -2.07. The highest BCUT2D eigenvalue weighted by molar-refractivity contribution is 9.10. The Balaban J connectivity index is 3.11. The monoisotopic (exact) mass is 223 g/mol. The minimum atomic E-state index is -0.319. The second-order valence-electron chi connectivity index (χ2n) is 2.67. The molecule has 0 aliphatic heterocycles. The Morgan fingerprint density at radius 3 is 2.75 bits per heavy atom. The highest BCUT2D eigenvalue weighted by Gasteiger charge is 2.05. The van der Waals surface area contributed by atoms with E-state index in [2.05, 4.69) is 21.9 Å². The van der Waals surface area contributed by atoms with Crippen molar-refractivity contribution in [3.63, 3.8) is 0 Å². The standard InChI is InChI=1S/C10H10BrN/c1-3-10(12)8-5-4-7(2)6-9(8)11/h1,4-6,10H,12H2,2H3. The van der Waals surface area contributed by atoms with E-state index in [1.54, 1.807) is 0 Å². The van der Waals surface area contributed by atoms with Crippen molar-refractivity contribution in [2.45, 2.75) is 13.0 Å². The van der Waals surface area contributed by atoms with Crippen molar-refractivity contribution in [2.75, 3.05) is 0 Å². The number of aryl methyl sites for hydroxylation is 1. The first-order valence-electron chi connectivity index (χ1n) is 3.63. The lowest BCUT2D eigenvalue weighted by Gasteiger charge is -2.07. The fourth-order valence-corrected chi connectivity index (χ4v) is 1.71. The summed E-state index contributed by atoms with van der Waals surface area (Å²) in [4.78, 5) is 0. The summed E-state index contributed by atoms with van der Waals surface area (Å²) >= 11 is 3.41. The molecule has 0 saturated carbocycles. The molecule has 12 heavy (non-hydrogen) atoms. The van der Waals surface area contributed by atoms with Crippen molar-refractivity contribution >= 4 is 15.9 Å². The summed E-state index contributed by atoms with van der Waals surface area (Å²) < 4.78 is 0.980. The van der Waals surface area contributed by atoms with Gasteiger partial charge in [0.1, 0.15) is 0 Å². The SMILES string of the molecule is C#CC(N)c1ccc(C)cc1Br. The summed E-state index contributed by atoms with van der Waals surface area (Å²) in [7, 11) is 0. The summed E-state index contributed by atoms with van der Waals surface area (Å²) in [5, 5.41) is 0. The van der Waals surface area contributed by atoms with Crippen LogP contribution in [0.15, 0.2) is 22.7 Å². The fraction of sp³-hybridized carbons (Fsp3) is 0.200. The Morgan fingerprint density at radius 2 is 2.25 bits per heavy atom. The largest absolute Gasteiger partial charge is 0.314 e. The zero-order chi connectivity index (χ0) is 9.14. The first-order chi connectivity index (χ1) is 5.65. The van der Waals surface area contributed by atoms with E-state index in [0.717, 1.165) is 10.0 Å². The van der Waals surface area contributed by atoms with E-state index in [0.29, 0.717) is 0 Å². The van der Waals surface area contributed by atoms with Gasteiger partial charge < -0.3 is 5.73 Å².